The molecule has 92 valence electrons. The summed E-state index contributed by atoms with van der Waals surface area (Å²) in [6.07, 6.45) is 1.10. The van der Waals surface area contributed by atoms with Crippen LogP contribution in [0.2, 0.25) is 0 Å². The van der Waals surface area contributed by atoms with Gasteiger partial charge in [-0.05, 0) is 35.6 Å². The molecule has 0 aliphatic carbocycles. The van der Waals surface area contributed by atoms with E-state index in [1.807, 2.05) is 17.4 Å². The Morgan fingerprint density at radius 1 is 1.22 bits per heavy atom. The van der Waals surface area contributed by atoms with Crippen LogP contribution >= 0.6 is 22.7 Å². The third-order valence-electron chi connectivity index (χ3n) is 2.91. The van der Waals surface area contributed by atoms with Gasteiger partial charge in [-0.15, -0.1) is 11.3 Å². The Bertz CT molecular complexity index is 621. The van der Waals surface area contributed by atoms with Crippen LogP contribution in [-0.2, 0) is 13.0 Å². The number of nitrogens with zero attached hydrogens (tertiary/aromatic N) is 1. The van der Waals surface area contributed by atoms with Crippen LogP contribution in [0.25, 0.3) is 10.2 Å². The molecule has 0 atom stereocenters. The first kappa shape index (κ1) is 11.7. The molecule has 3 rings (SSSR count). The number of nitrogens with one attached hydrogen (secondary N) is 1. The van der Waals surface area contributed by atoms with Gasteiger partial charge in [0.05, 0.1) is 16.8 Å². The van der Waals surface area contributed by atoms with Crippen molar-refractivity contribution in [1.29, 1.82) is 0 Å². The van der Waals surface area contributed by atoms with Crippen LogP contribution in [0.5, 0.6) is 0 Å². The number of aromatic nitrogens is 1. The summed E-state index contributed by atoms with van der Waals surface area (Å²) in [4.78, 5) is 5.99. The van der Waals surface area contributed by atoms with Gasteiger partial charge in [-0.2, -0.15) is 0 Å². The summed E-state index contributed by atoms with van der Waals surface area (Å²) in [6.45, 7) is 3.07. The molecule has 4 heteroatoms. The number of anilines is 1. The highest BCUT2D eigenvalue weighted by atomic mass is 32.1. The van der Waals surface area contributed by atoms with Crippen LogP contribution in [0.1, 0.15) is 17.4 Å². The minimum atomic E-state index is 0.876. The van der Waals surface area contributed by atoms with Crippen molar-refractivity contribution in [2.75, 3.05) is 5.32 Å². The van der Waals surface area contributed by atoms with Gasteiger partial charge in [-0.3, -0.25) is 0 Å². The summed E-state index contributed by atoms with van der Waals surface area (Å²) in [6, 6.07) is 10.5. The van der Waals surface area contributed by atoms with E-state index in [0.29, 0.717) is 0 Å². The Hall–Kier alpha value is -1.39. The summed E-state index contributed by atoms with van der Waals surface area (Å²) in [5, 5.41) is 6.60. The van der Waals surface area contributed by atoms with Crippen LogP contribution < -0.4 is 5.32 Å². The van der Waals surface area contributed by atoms with Gasteiger partial charge in [0.15, 0.2) is 5.13 Å². The van der Waals surface area contributed by atoms with Gasteiger partial charge in [-0.1, -0.05) is 30.4 Å². The van der Waals surface area contributed by atoms with E-state index in [9.17, 15) is 0 Å². The normalized spacial score (nSPS) is 10.9. The zero-order chi connectivity index (χ0) is 12.4. The second-order valence-electron chi connectivity index (χ2n) is 4.06. The Labute approximate surface area is 114 Å². The minimum Gasteiger partial charge on any atom is -0.357 e. The molecule has 0 amide bonds. The average Bonchev–Trinajstić information content (AvgIpc) is 3.01. The molecule has 0 radical (unpaired) electrons. The van der Waals surface area contributed by atoms with Gasteiger partial charge in [0.2, 0.25) is 0 Å². The van der Waals surface area contributed by atoms with E-state index in [-0.39, 0.29) is 0 Å². The van der Waals surface area contributed by atoms with Gasteiger partial charge in [0, 0.05) is 4.88 Å². The number of fused-ring (bicyclic) bond motifs is 1. The van der Waals surface area contributed by atoms with E-state index in [4.69, 9.17) is 0 Å². The van der Waals surface area contributed by atoms with E-state index in [1.165, 1.54) is 15.1 Å². The maximum atomic E-state index is 4.58. The number of hydrogen-bond acceptors (Lipinski definition) is 4. The quantitative estimate of drug-likeness (QED) is 0.756. The molecule has 0 aliphatic heterocycles. The fourth-order valence-electron chi connectivity index (χ4n) is 1.94. The van der Waals surface area contributed by atoms with Crippen LogP contribution in [0.3, 0.4) is 0 Å². The van der Waals surface area contributed by atoms with Crippen LogP contribution in [0.4, 0.5) is 5.13 Å². The predicted octanol–water partition coefficient (Wildman–Crippen LogP) is 4.53. The lowest BCUT2D eigenvalue weighted by Crippen LogP contribution is -1.98. The van der Waals surface area contributed by atoms with E-state index in [2.05, 4.69) is 46.9 Å². The topological polar surface area (TPSA) is 24.9 Å². The molecule has 0 spiro atoms. The number of rotatable bonds is 4. The average molecular weight is 274 g/mol. The molecule has 2 heterocycles. The molecule has 2 aromatic heterocycles. The lowest BCUT2D eigenvalue weighted by Gasteiger charge is -2.02. The molecular weight excluding hydrogens is 260 g/mol. The van der Waals surface area contributed by atoms with Crippen molar-refractivity contribution in [2.45, 2.75) is 19.9 Å². The molecule has 0 aliphatic rings. The predicted molar refractivity (Wildman–Crippen MR) is 80.6 cm³/mol. The van der Waals surface area contributed by atoms with Crippen molar-refractivity contribution in [3.63, 3.8) is 0 Å². The first-order chi connectivity index (χ1) is 8.86. The van der Waals surface area contributed by atoms with Crippen molar-refractivity contribution >= 4 is 38.0 Å². The summed E-state index contributed by atoms with van der Waals surface area (Å²) < 4.78 is 1.24. The van der Waals surface area contributed by atoms with Crippen LogP contribution in [0.15, 0.2) is 35.7 Å². The van der Waals surface area contributed by atoms with Crippen LogP contribution in [0, 0.1) is 0 Å². The molecule has 0 saturated heterocycles. The van der Waals surface area contributed by atoms with Gasteiger partial charge >= 0.3 is 0 Å². The van der Waals surface area contributed by atoms with Crippen molar-refractivity contribution in [3.05, 3.63) is 46.2 Å². The van der Waals surface area contributed by atoms with E-state index in [0.717, 1.165) is 23.6 Å². The number of aryl methyl sites for hydroxylation is 1. The Morgan fingerprint density at radius 2 is 2.11 bits per heavy atom. The molecule has 0 fully saturated rings. The number of benzene rings is 1. The van der Waals surface area contributed by atoms with E-state index in [1.54, 1.807) is 11.3 Å². The molecule has 1 N–H and O–H groups in total. The monoisotopic (exact) mass is 274 g/mol. The fraction of sp³-hybridized carbons (Fsp3) is 0.214. The van der Waals surface area contributed by atoms with Crippen molar-refractivity contribution in [1.82, 2.24) is 4.98 Å². The SMILES string of the molecule is CCc1ccsc1CNc1nc2ccccc2s1. The third kappa shape index (κ3) is 2.26. The number of hydrogen-bond donors (Lipinski definition) is 1. The molecule has 3 aromatic rings. The smallest absolute Gasteiger partial charge is 0.184 e. The highest BCUT2D eigenvalue weighted by Gasteiger charge is 2.05. The Kier molecular flexibility index (Phi) is 3.30. The van der Waals surface area contributed by atoms with Crippen molar-refractivity contribution in [3.8, 4) is 0 Å². The first-order valence-corrected chi connectivity index (χ1v) is 7.71. The summed E-state index contributed by atoms with van der Waals surface area (Å²) >= 11 is 3.53. The molecular formula is C14H14N2S2. The molecule has 2 nitrogen and oxygen atoms in total. The lowest BCUT2D eigenvalue weighted by molar-refractivity contribution is 1.08. The molecule has 0 saturated carbocycles. The van der Waals surface area contributed by atoms with Crippen molar-refractivity contribution < 1.29 is 0 Å². The second kappa shape index (κ2) is 5.08. The maximum Gasteiger partial charge on any atom is 0.184 e. The van der Waals surface area contributed by atoms with E-state index >= 15 is 0 Å². The highest BCUT2D eigenvalue weighted by Crippen LogP contribution is 2.26. The first-order valence-electron chi connectivity index (χ1n) is 6.01. The van der Waals surface area contributed by atoms with Gasteiger partial charge in [-0.25, -0.2) is 4.98 Å². The van der Waals surface area contributed by atoms with Crippen molar-refractivity contribution in [2.24, 2.45) is 0 Å². The molecule has 0 bridgehead atoms. The van der Waals surface area contributed by atoms with Crippen LogP contribution in [-0.4, -0.2) is 4.98 Å². The molecule has 0 unspecified atom stereocenters. The second-order valence-corrected chi connectivity index (χ2v) is 6.09. The highest BCUT2D eigenvalue weighted by molar-refractivity contribution is 7.22. The summed E-state index contributed by atoms with van der Waals surface area (Å²) in [7, 11) is 0. The molecule has 1 aromatic carbocycles. The maximum absolute atomic E-state index is 4.58. The minimum absolute atomic E-state index is 0.876. The number of thiophene rings is 1. The number of para-hydroxylation sites is 1. The summed E-state index contributed by atoms with van der Waals surface area (Å²) in [5.74, 6) is 0. The zero-order valence-electron chi connectivity index (χ0n) is 10.1. The summed E-state index contributed by atoms with van der Waals surface area (Å²) in [5.41, 5.74) is 2.51. The Morgan fingerprint density at radius 3 is 2.94 bits per heavy atom. The standard InChI is InChI=1S/C14H14N2S2/c1-2-10-7-8-17-13(10)9-15-14-16-11-5-3-4-6-12(11)18-14/h3-8H,2,9H2,1H3,(H,15,16). The Balaban J connectivity index is 1.77. The zero-order valence-corrected chi connectivity index (χ0v) is 11.8. The van der Waals surface area contributed by atoms with Gasteiger partial charge in [0.25, 0.3) is 0 Å². The third-order valence-corrected chi connectivity index (χ3v) is 4.87. The van der Waals surface area contributed by atoms with Gasteiger partial charge < -0.3 is 5.32 Å². The molecule has 18 heavy (non-hydrogen) atoms. The number of thiazole rings is 1. The lowest BCUT2D eigenvalue weighted by atomic mass is 10.2. The fourth-order valence-corrected chi connectivity index (χ4v) is 3.72. The largest absolute Gasteiger partial charge is 0.357 e. The van der Waals surface area contributed by atoms with E-state index < -0.39 is 0 Å². The van der Waals surface area contributed by atoms with Gasteiger partial charge in [0.1, 0.15) is 0 Å².